The van der Waals surface area contributed by atoms with Gasteiger partial charge in [-0.3, -0.25) is 14.3 Å². The second kappa shape index (κ2) is 10.0. The van der Waals surface area contributed by atoms with Crippen LogP contribution in [-0.4, -0.2) is 39.0 Å². The SMILES string of the molecule is CC.CCC1c2nc3ccc(-c4cnc5c(c4)CCC5(C)N)cc3n2-c2c(OC(F)F)cccc2C(=O)N1C. The van der Waals surface area contributed by atoms with Crippen molar-refractivity contribution >= 4 is 16.9 Å². The number of hydrogen-bond acceptors (Lipinski definition) is 5. The van der Waals surface area contributed by atoms with Gasteiger partial charge in [-0.05, 0) is 67.6 Å². The molecule has 1 amide bonds. The summed E-state index contributed by atoms with van der Waals surface area (Å²) in [7, 11) is 1.71. The fourth-order valence-corrected chi connectivity index (χ4v) is 5.70. The third-order valence-corrected chi connectivity index (χ3v) is 7.58. The number of fused-ring (bicyclic) bond motifs is 6. The molecule has 1 aliphatic heterocycles. The lowest BCUT2D eigenvalue weighted by atomic mass is 9.99. The lowest BCUT2D eigenvalue weighted by Crippen LogP contribution is -2.30. The van der Waals surface area contributed by atoms with Crippen molar-refractivity contribution in [3.63, 3.8) is 0 Å². The Morgan fingerprint density at radius 3 is 2.67 bits per heavy atom. The molecule has 3 heterocycles. The van der Waals surface area contributed by atoms with E-state index in [1.165, 1.54) is 6.07 Å². The average Bonchev–Trinajstić information content (AvgIpc) is 3.42. The highest BCUT2D eigenvalue weighted by molar-refractivity contribution is 6.01. The van der Waals surface area contributed by atoms with E-state index >= 15 is 0 Å². The van der Waals surface area contributed by atoms with Crippen molar-refractivity contribution in [3.8, 4) is 22.6 Å². The van der Waals surface area contributed by atoms with Crippen molar-refractivity contribution in [1.82, 2.24) is 19.4 Å². The highest BCUT2D eigenvalue weighted by Crippen LogP contribution is 2.41. The normalized spacial score (nSPS) is 19.8. The van der Waals surface area contributed by atoms with Gasteiger partial charge in [0.05, 0.1) is 33.9 Å². The third kappa shape index (κ3) is 4.34. The first kappa shape index (κ1) is 26.7. The van der Waals surface area contributed by atoms with Gasteiger partial charge >= 0.3 is 6.61 Å². The zero-order valence-electron chi connectivity index (χ0n) is 22.8. The Labute approximate surface area is 226 Å². The number of nitrogens with zero attached hydrogens (tertiary/aromatic N) is 4. The first-order valence-corrected chi connectivity index (χ1v) is 13.4. The molecule has 39 heavy (non-hydrogen) atoms. The van der Waals surface area contributed by atoms with E-state index in [9.17, 15) is 13.6 Å². The molecule has 2 aliphatic rings. The summed E-state index contributed by atoms with van der Waals surface area (Å²) in [6.07, 6.45) is 4.13. The monoisotopic (exact) mass is 533 g/mol. The Kier molecular flexibility index (Phi) is 6.88. The predicted octanol–water partition coefficient (Wildman–Crippen LogP) is 6.37. The maximum atomic E-state index is 13.4. The molecular formula is C30H33F2N5O2. The van der Waals surface area contributed by atoms with Crippen LogP contribution in [0, 0.1) is 0 Å². The summed E-state index contributed by atoms with van der Waals surface area (Å²) in [4.78, 5) is 24.6. The van der Waals surface area contributed by atoms with E-state index in [2.05, 4.69) is 11.1 Å². The highest BCUT2D eigenvalue weighted by atomic mass is 19.3. The lowest BCUT2D eigenvalue weighted by molar-refractivity contribution is -0.0498. The quantitative estimate of drug-likeness (QED) is 0.329. The number of hydrogen-bond donors (Lipinski definition) is 1. The van der Waals surface area contributed by atoms with Crippen LogP contribution in [0.2, 0.25) is 0 Å². The Hall–Kier alpha value is -3.85. The van der Waals surface area contributed by atoms with Crippen molar-refractivity contribution in [1.29, 1.82) is 0 Å². The van der Waals surface area contributed by atoms with Crippen LogP contribution in [0.4, 0.5) is 8.78 Å². The van der Waals surface area contributed by atoms with Gasteiger partial charge in [0, 0.05) is 18.8 Å². The number of para-hydroxylation sites is 1. The number of halogens is 2. The van der Waals surface area contributed by atoms with E-state index in [0.29, 0.717) is 23.3 Å². The topological polar surface area (TPSA) is 86.3 Å². The molecule has 0 saturated heterocycles. The van der Waals surface area contributed by atoms with Crippen LogP contribution in [0.15, 0.2) is 48.7 Å². The molecular weight excluding hydrogens is 500 g/mol. The number of nitrogens with two attached hydrogens (primary N) is 1. The highest BCUT2D eigenvalue weighted by Gasteiger charge is 2.35. The van der Waals surface area contributed by atoms with Crippen LogP contribution in [0.3, 0.4) is 0 Å². The zero-order valence-corrected chi connectivity index (χ0v) is 22.8. The van der Waals surface area contributed by atoms with Crippen molar-refractivity contribution < 1.29 is 18.3 Å². The van der Waals surface area contributed by atoms with Gasteiger partial charge in [-0.15, -0.1) is 0 Å². The number of carbonyl (C=O) groups excluding carboxylic acids is 1. The summed E-state index contributed by atoms with van der Waals surface area (Å²) >= 11 is 0. The summed E-state index contributed by atoms with van der Waals surface area (Å²) < 4.78 is 33.5. The van der Waals surface area contributed by atoms with E-state index in [1.54, 1.807) is 28.6 Å². The summed E-state index contributed by atoms with van der Waals surface area (Å²) in [5.41, 5.74) is 11.8. The van der Waals surface area contributed by atoms with Gasteiger partial charge in [0.15, 0.2) is 5.75 Å². The minimum Gasteiger partial charge on any atom is -0.433 e. The standard InChI is InChI=1S/C28H27F2N5O2.C2H6/c1-4-20-25-33-19-9-8-15(17-12-16-10-11-28(2,31)24(16)32-14-17)13-21(19)35(25)23-18(26(36)34(20)3)6-5-7-22(23)37-27(29)30;1-2/h5-9,12-14,20,27H,4,10-11,31H2,1-3H3;1-2H3. The van der Waals surface area contributed by atoms with E-state index in [0.717, 1.165) is 35.2 Å². The molecule has 1 aliphatic carbocycles. The van der Waals surface area contributed by atoms with Gasteiger partial charge in [0.25, 0.3) is 5.91 Å². The third-order valence-electron chi connectivity index (χ3n) is 7.58. The molecule has 0 bridgehead atoms. The minimum atomic E-state index is -3.04. The number of benzene rings is 2. The van der Waals surface area contributed by atoms with E-state index < -0.39 is 12.2 Å². The molecule has 9 heteroatoms. The maximum absolute atomic E-state index is 13.4. The second-order valence-electron chi connectivity index (χ2n) is 10.0. The molecule has 2 N–H and O–H groups in total. The number of imidazole rings is 1. The van der Waals surface area contributed by atoms with Crippen LogP contribution in [-0.2, 0) is 12.0 Å². The summed E-state index contributed by atoms with van der Waals surface area (Å²) in [5.74, 6) is 0.253. The largest absolute Gasteiger partial charge is 0.433 e. The molecule has 2 aromatic heterocycles. The number of rotatable bonds is 4. The van der Waals surface area contributed by atoms with Gasteiger partial charge < -0.3 is 15.4 Å². The van der Waals surface area contributed by atoms with Crippen molar-refractivity contribution in [2.45, 2.75) is 65.1 Å². The van der Waals surface area contributed by atoms with E-state index in [-0.39, 0.29) is 28.9 Å². The molecule has 0 radical (unpaired) electrons. The van der Waals surface area contributed by atoms with E-state index in [4.69, 9.17) is 15.5 Å². The fraction of sp³-hybridized carbons (Fsp3) is 0.367. The number of pyridine rings is 1. The molecule has 0 saturated carbocycles. The Balaban J connectivity index is 0.00000151. The van der Waals surface area contributed by atoms with Gasteiger partial charge in [0.1, 0.15) is 11.5 Å². The first-order valence-electron chi connectivity index (χ1n) is 13.4. The molecule has 2 atom stereocenters. The molecule has 204 valence electrons. The number of alkyl halides is 2. The van der Waals surface area contributed by atoms with Crippen LogP contribution in [0.5, 0.6) is 5.75 Å². The number of aryl methyl sites for hydroxylation is 1. The number of aromatic nitrogens is 3. The van der Waals surface area contributed by atoms with Crippen molar-refractivity contribution in [2.75, 3.05) is 7.05 Å². The molecule has 4 aromatic rings. The van der Waals surface area contributed by atoms with Crippen LogP contribution in [0.1, 0.15) is 74.0 Å². The Bertz CT molecular complexity index is 1560. The molecule has 6 rings (SSSR count). The molecule has 0 fully saturated rings. The summed E-state index contributed by atoms with van der Waals surface area (Å²) in [6, 6.07) is 12.3. The Morgan fingerprint density at radius 1 is 1.18 bits per heavy atom. The van der Waals surface area contributed by atoms with Crippen LogP contribution < -0.4 is 10.5 Å². The number of ether oxygens (including phenoxy) is 1. The van der Waals surface area contributed by atoms with Gasteiger partial charge in [0.2, 0.25) is 0 Å². The maximum Gasteiger partial charge on any atom is 0.387 e. The number of amides is 1. The summed E-state index contributed by atoms with van der Waals surface area (Å²) in [6.45, 7) is 4.93. The second-order valence-corrected chi connectivity index (χ2v) is 10.0. The Morgan fingerprint density at radius 2 is 1.95 bits per heavy atom. The zero-order chi connectivity index (χ0) is 28.1. The van der Waals surface area contributed by atoms with Gasteiger partial charge in [-0.1, -0.05) is 32.9 Å². The minimum absolute atomic E-state index is 0.0709. The fourth-order valence-electron chi connectivity index (χ4n) is 5.70. The van der Waals surface area contributed by atoms with Crippen molar-refractivity contribution in [3.05, 3.63) is 71.3 Å². The number of carbonyl (C=O) groups is 1. The van der Waals surface area contributed by atoms with E-state index in [1.807, 2.05) is 52.1 Å². The molecule has 2 unspecified atom stereocenters. The predicted molar refractivity (Wildman–Crippen MR) is 147 cm³/mol. The smallest absolute Gasteiger partial charge is 0.387 e. The van der Waals surface area contributed by atoms with Gasteiger partial charge in [-0.25, -0.2) is 4.98 Å². The van der Waals surface area contributed by atoms with Crippen LogP contribution in [0.25, 0.3) is 27.8 Å². The molecule has 7 nitrogen and oxygen atoms in total. The van der Waals surface area contributed by atoms with Gasteiger partial charge in [-0.2, -0.15) is 8.78 Å². The average molecular weight is 534 g/mol. The molecule has 0 spiro atoms. The summed E-state index contributed by atoms with van der Waals surface area (Å²) in [5, 5.41) is 0. The van der Waals surface area contributed by atoms with Crippen LogP contribution >= 0.6 is 0 Å². The molecule has 2 aromatic carbocycles. The van der Waals surface area contributed by atoms with Crippen molar-refractivity contribution in [2.24, 2.45) is 5.73 Å². The first-order chi connectivity index (χ1) is 18.7. The lowest BCUT2D eigenvalue weighted by Gasteiger charge is -2.24.